The number of amides is 3. The molecule has 0 aliphatic carbocycles. The molecule has 1 atom stereocenters. The molecule has 1 rings (SSSR count). The average molecular weight is 384 g/mol. The zero-order valence-electron chi connectivity index (χ0n) is 13.7. The second kappa shape index (κ2) is 8.67. The van der Waals surface area contributed by atoms with Gasteiger partial charge >= 0.3 is 0 Å². The lowest BCUT2D eigenvalue weighted by Crippen LogP contribution is -2.50. The highest BCUT2D eigenvalue weighted by molar-refractivity contribution is 9.10. The molecule has 0 aromatic heterocycles. The highest BCUT2D eigenvalue weighted by Gasteiger charge is 2.23. The Morgan fingerprint density at radius 3 is 2.39 bits per heavy atom. The van der Waals surface area contributed by atoms with Gasteiger partial charge in [0.2, 0.25) is 17.7 Å². The molecule has 3 amide bonds. The summed E-state index contributed by atoms with van der Waals surface area (Å²) in [4.78, 5) is 35.2. The van der Waals surface area contributed by atoms with Crippen LogP contribution >= 0.6 is 15.9 Å². The van der Waals surface area contributed by atoms with Gasteiger partial charge < -0.3 is 16.0 Å². The lowest BCUT2D eigenvalue weighted by molar-refractivity contribution is -0.130. The SMILES string of the molecule is CC(=O)NC(C(=O)NCC(=O)Nc1ccc(Br)cc1C)C(C)C. The molecule has 7 heteroatoms. The van der Waals surface area contributed by atoms with Crippen molar-refractivity contribution in [3.8, 4) is 0 Å². The molecule has 0 spiro atoms. The molecule has 126 valence electrons. The van der Waals surface area contributed by atoms with E-state index in [1.54, 1.807) is 6.07 Å². The summed E-state index contributed by atoms with van der Waals surface area (Å²) in [6.07, 6.45) is 0. The quantitative estimate of drug-likeness (QED) is 0.701. The van der Waals surface area contributed by atoms with Crippen molar-refractivity contribution in [3.05, 3.63) is 28.2 Å². The van der Waals surface area contributed by atoms with Crippen LogP contribution in [0.1, 0.15) is 26.3 Å². The third-order valence-corrected chi connectivity index (χ3v) is 3.69. The van der Waals surface area contributed by atoms with Crippen LogP contribution in [0.3, 0.4) is 0 Å². The van der Waals surface area contributed by atoms with E-state index in [0.717, 1.165) is 10.0 Å². The van der Waals surface area contributed by atoms with E-state index in [2.05, 4.69) is 31.9 Å². The molecule has 0 radical (unpaired) electrons. The molecular weight excluding hydrogens is 362 g/mol. The zero-order chi connectivity index (χ0) is 17.6. The highest BCUT2D eigenvalue weighted by Crippen LogP contribution is 2.19. The Hall–Kier alpha value is -1.89. The monoisotopic (exact) mass is 383 g/mol. The van der Waals surface area contributed by atoms with E-state index in [-0.39, 0.29) is 30.2 Å². The van der Waals surface area contributed by atoms with Gasteiger partial charge in [-0.2, -0.15) is 0 Å². The minimum atomic E-state index is -0.658. The Morgan fingerprint density at radius 2 is 1.87 bits per heavy atom. The van der Waals surface area contributed by atoms with Gasteiger partial charge in [-0.05, 0) is 36.6 Å². The van der Waals surface area contributed by atoms with E-state index in [4.69, 9.17) is 0 Å². The topological polar surface area (TPSA) is 87.3 Å². The van der Waals surface area contributed by atoms with E-state index >= 15 is 0 Å². The van der Waals surface area contributed by atoms with Crippen LogP contribution in [-0.2, 0) is 14.4 Å². The number of carbonyl (C=O) groups is 3. The predicted octanol–water partition coefficient (Wildman–Crippen LogP) is 1.97. The zero-order valence-corrected chi connectivity index (χ0v) is 15.3. The summed E-state index contributed by atoms with van der Waals surface area (Å²) in [5.41, 5.74) is 1.60. The Bertz CT molecular complexity index is 602. The Labute approximate surface area is 144 Å². The summed E-state index contributed by atoms with van der Waals surface area (Å²) in [5.74, 6) is -1.06. The van der Waals surface area contributed by atoms with Gasteiger partial charge in [0.25, 0.3) is 0 Å². The molecular formula is C16H22BrN3O3. The van der Waals surface area contributed by atoms with Crippen LogP contribution in [0.4, 0.5) is 5.69 Å². The molecule has 0 heterocycles. The van der Waals surface area contributed by atoms with Crippen molar-refractivity contribution in [2.45, 2.75) is 33.7 Å². The molecule has 0 bridgehead atoms. The smallest absolute Gasteiger partial charge is 0.243 e. The fraction of sp³-hybridized carbons (Fsp3) is 0.438. The first-order valence-corrected chi connectivity index (χ1v) is 8.10. The van der Waals surface area contributed by atoms with Gasteiger partial charge in [-0.1, -0.05) is 29.8 Å². The summed E-state index contributed by atoms with van der Waals surface area (Å²) in [5, 5.41) is 7.87. The molecule has 1 aromatic carbocycles. The number of hydrogen-bond donors (Lipinski definition) is 3. The first-order chi connectivity index (χ1) is 10.7. The Morgan fingerprint density at radius 1 is 1.22 bits per heavy atom. The number of nitrogens with one attached hydrogen (secondary N) is 3. The first-order valence-electron chi connectivity index (χ1n) is 7.31. The molecule has 0 saturated heterocycles. The minimum absolute atomic E-state index is 0.0734. The summed E-state index contributed by atoms with van der Waals surface area (Å²) >= 11 is 3.36. The summed E-state index contributed by atoms with van der Waals surface area (Å²) in [6.45, 7) is 6.73. The molecule has 0 aliphatic rings. The number of anilines is 1. The summed E-state index contributed by atoms with van der Waals surface area (Å²) in [7, 11) is 0. The molecule has 0 saturated carbocycles. The highest BCUT2D eigenvalue weighted by atomic mass is 79.9. The lowest BCUT2D eigenvalue weighted by atomic mass is 10.0. The van der Waals surface area contributed by atoms with Crippen molar-refractivity contribution in [1.82, 2.24) is 10.6 Å². The molecule has 0 fully saturated rings. The molecule has 1 unspecified atom stereocenters. The van der Waals surface area contributed by atoms with Gasteiger partial charge in [0.15, 0.2) is 0 Å². The van der Waals surface area contributed by atoms with Gasteiger partial charge in [-0.3, -0.25) is 14.4 Å². The van der Waals surface area contributed by atoms with E-state index in [1.165, 1.54) is 6.92 Å². The third kappa shape index (κ3) is 6.40. The van der Waals surface area contributed by atoms with Crippen LogP contribution in [0, 0.1) is 12.8 Å². The van der Waals surface area contributed by atoms with Crippen molar-refractivity contribution in [2.24, 2.45) is 5.92 Å². The normalized spacial score (nSPS) is 11.7. The first kappa shape index (κ1) is 19.2. The summed E-state index contributed by atoms with van der Waals surface area (Å²) < 4.78 is 0.927. The van der Waals surface area contributed by atoms with Crippen molar-refractivity contribution >= 4 is 39.3 Å². The van der Waals surface area contributed by atoms with Gasteiger partial charge in [-0.15, -0.1) is 0 Å². The molecule has 23 heavy (non-hydrogen) atoms. The second-order valence-corrected chi connectivity index (χ2v) is 6.56. The van der Waals surface area contributed by atoms with Gasteiger partial charge in [-0.25, -0.2) is 0 Å². The summed E-state index contributed by atoms with van der Waals surface area (Å²) in [6, 6.07) is 4.84. The Balaban J connectivity index is 2.57. The van der Waals surface area contributed by atoms with Gasteiger partial charge in [0, 0.05) is 17.1 Å². The van der Waals surface area contributed by atoms with Gasteiger partial charge in [0.05, 0.1) is 6.54 Å². The number of hydrogen-bond acceptors (Lipinski definition) is 3. The standard InChI is InChI=1S/C16H22BrN3O3/c1-9(2)15(19-11(4)21)16(23)18-8-14(22)20-13-6-5-12(17)7-10(13)3/h5-7,9,15H,8H2,1-4H3,(H,18,23)(H,19,21)(H,20,22). The fourth-order valence-corrected chi connectivity index (χ4v) is 2.47. The number of halogens is 1. The van der Waals surface area contributed by atoms with E-state index in [1.807, 2.05) is 32.9 Å². The van der Waals surface area contributed by atoms with Crippen molar-refractivity contribution < 1.29 is 14.4 Å². The van der Waals surface area contributed by atoms with E-state index < -0.39 is 6.04 Å². The molecule has 6 nitrogen and oxygen atoms in total. The maximum Gasteiger partial charge on any atom is 0.243 e. The molecule has 1 aromatic rings. The van der Waals surface area contributed by atoms with Crippen molar-refractivity contribution in [2.75, 3.05) is 11.9 Å². The number of carbonyl (C=O) groups excluding carboxylic acids is 3. The maximum absolute atomic E-state index is 12.1. The third-order valence-electron chi connectivity index (χ3n) is 3.19. The van der Waals surface area contributed by atoms with Crippen LogP contribution in [-0.4, -0.2) is 30.3 Å². The minimum Gasteiger partial charge on any atom is -0.345 e. The van der Waals surface area contributed by atoms with Crippen LogP contribution in [0.15, 0.2) is 22.7 Å². The number of benzene rings is 1. The van der Waals surface area contributed by atoms with E-state index in [9.17, 15) is 14.4 Å². The Kier molecular flexibility index (Phi) is 7.22. The van der Waals surface area contributed by atoms with Crippen LogP contribution < -0.4 is 16.0 Å². The second-order valence-electron chi connectivity index (χ2n) is 5.65. The van der Waals surface area contributed by atoms with Crippen molar-refractivity contribution in [1.29, 1.82) is 0 Å². The number of aryl methyl sites for hydroxylation is 1. The van der Waals surface area contributed by atoms with Crippen LogP contribution in [0.5, 0.6) is 0 Å². The largest absolute Gasteiger partial charge is 0.345 e. The lowest BCUT2D eigenvalue weighted by Gasteiger charge is -2.20. The molecule has 0 aliphatic heterocycles. The van der Waals surface area contributed by atoms with Crippen LogP contribution in [0.2, 0.25) is 0 Å². The number of rotatable bonds is 6. The average Bonchev–Trinajstić information content (AvgIpc) is 2.44. The predicted molar refractivity (Wildman–Crippen MR) is 93.0 cm³/mol. The molecule has 3 N–H and O–H groups in total. The van der Waals surface area contributed by atoms with Gasteiger partial charge in [0.1, 0.15) is 6.04 Å². The fourth-order valence-electron chi connectivity index (χ4n) is 1.99. The maximum atomic E-state index is 12.1. The van der Waals surface area contributed by atoms with E-state index in [0.29, 0.717) is 5.69 Å². The van der Waals surface area contributed by atoms with Crippen LogP contribution in [0.25, 0.3) is 0 Å². The van der Waals surface area contributed by atoms with Crippen molar-refractivity contribution in [3.63, 3.8) is 0 Å².